The maximum atomic E-state index is 12.4. The zero-order valence-corrected chi connectivity index (χ0v) is 15.2. The zero-order valence-electron chi connectivity index (χ0n) is 14.4. The quantitative estimate of drug-likeness (QED) is 0.823. The van der Waals surface area contributed by atoms with Crippen molar-refractivity contribution in [2.45, 2.75) is 53.1 Å². The molecule has 0 saturated heterocycles. The number of anilines is 1. The van der Waals surface area contributed by atoms with Crippen molar-refractivity contribution < 1.29 is 23.9 Å². The lowest BCUT2D eigenvalue weighted by Gasteiger charge is -2.18. The van der Waals surface area contributed by atoms with Gasteiger partial charge in [0.05, 0.1) is 12.2 Å². The molecule has 1 aromatic heterocycles. The number of nitrogens with one attached hydrogen (secondary N) is 1. The highest BCUT2D eigenvalue weighted by Crippen LogP contribution is 2.40. The molecule has 0 spiro atoms. The summed E-state index contributed by atoms with van der Waals surface area (Å²) in [5.41, 5.74) is 1.43. The van der Waals surface area contributed by atoms with E-state index in [1.165, 1.54) is 25.2 Å². The first-order valence-electron chi connectivity index (χ1n) is 8.13. The number of carbonyl (C=O) groups excluding carboxylic acids is 3. The number of thiophene rings is 1. The Morgan fingerprint density at radius 3 is 2.71 bits per heavy atom. The second kappa shape index (κ2) is 7.79. The fourth-order valence-electron chi connectivity index (χ4n) is 2.77. The van der Waals surface area contributed by atoms with Gasteiger partial charge >= 0.3 is 11.9 Å². The lowest BCUT2D eigenvalue weighted by atomic mass is 9.88. The molecule has 0 fully saturated rings. The van der Waals surface area contributed by atoms with Crippen molar-refractivity contribution in [2.24, 2.45) is 5.92 Å². The van der Waals surface area contributed by atoms with Crippen LogP contribution in [0.3, 0.4) is 0 Å². The standard InChI is InChI=1S/C17H23NO5S/c1-5-22-17(21)14-12-7-6-9(2)8-13(12)24-16(14)18-15(20)10(3)23-11(4)19/h9-10H,5-8H2,1-4H3,(H,18,20)/t9-,10+/m0/s1. The van der Waals surface area contributed by atoms with Crippen LogP contribution in [0, 0.1) is 5.92 Å². The smallest absolute Gasteiger partial charge is 0.341 e. The van der Waals surface area contributed by atoms with E-state index in [-0.39, 0.29) is 6.61 Å². The predicted octanol–water partition coefficient (Wildman–Crippen LogP) is 2.94. The van der Waals surface area contributed by atoms with Gasteiger partial charge in [0.1, 0.15) is 5.00 Å². The largest absolute Gasteiger partial charge is 0.462 e. The molecule has 1 aromatic rings. The highest BCUT2D eigenvalue weighted by Gasteiger charge is 2.30. The van der Waals surface area contributed by atoms with Crippen molar-refractivity contribution in [2.75, 3.05) is 11.9 Å². The van der Waals surface area contributed by atoms with E-state index in [0.29, 0.717) is 16.5 Å². The van der Waals surface area contributed by atoms with Crippen LogP contribution in [-0.4, -0.2) is 30.6 Å². The minimum atomic E-state index is -0.921. The molecule has 0 unspecified atom stereocenters. The fourth-order valence-corrected chi connectivity index (χ4v) is 4.18. The van der Waals surface area contributed by atoms with Crippen LogP contribution in [0.5, 0.6) is 0 Å². The lowest BCUT2D eigenvalue weighted by Crippen LogP contribution is -2.29. The van der Waals surface area contributed by atoms with Gasteiger partial charge in [-0.2, -0.15) is 0 Å². The van der Waals surface area contributed by atoms with E-state index in [1.54, 1.807) is 6.92 Å². The van der Waals surface area contributed by atoms with E-state index >= 15 is 0 Å². The van der Waals surface area contributed by atoms with Crippen LogP contribution >= 0.6 is 11.3 Å². The molecule has 1 N–H and O–H groups in total. The van der Waals surface area contributed by atoms with Gasteiger partial charge in [0, 0.05) is 11.8 Å². The van der Waals surface area contributed by atoms with Crippen molar-refractivity contribution >= 4 is 34.2 Å². The molecule has 132 valence electrons. The summed E-state index contributed by atoms with van der Waals surface area (Å²) in [6.45, 7) is 6.94. The van der Waals surface area contributed by atoms with Crippen molar-refractivity contribution in [1.29, 1.82) is 0 Å². The third kappa shape index (κ3) is 4.14. The van der Waals surface area contributed by atoms with Crippen LogP contribution in [0.2, 0.25) is 0 Å². The molecule has 0 aliphatic heterocycles. The summed E-state index contributed by atoms with van der Waals surface area (Å²) in [5.74, 6) is -0.848. The average Bonchev–Trinajstić information content (AvgIpc) is 2.83. The monoisotopic (exact) mass is 353 g/mol. The van der Waals surface area contributed by atoms with E-state index < -0.39 is 23.9 Å². The summed E-state index contributed by atoms with van der Waals surface area (Å²) in [6, 6.07) is 0. The van der Waals surface area contributed by atoms with Crippen LogP contribution in [0.1, 0.15) is 54.9 Å². The zero-order chi connectivity index (χ0) is 17.9. The highest BCUT2D eigenvalue weighted by atomic mass is 32.1. The summed E-state index contributed by atoms with van der Waals surface area (Å²) < 4.78 is 10.0. The van der Waals surface area contributed by atoms with Gasteiger partial charge in [-0.05, 0) is 44.6 Å². The molecule has 0 radical (unpaired) electrons. The molecule has 0 aromatic carbocycles. The first-order valence-corrected chi connectivity index (χ1v) is 8.94. The molecule has 2 rings (SSSR count). The third-order valence-corrected chi connectivity index (χ3v) is 5.11. The van der Waals surface area contributed by atoms with Crippen molar-refractivity contribution in [3.05, 3.63) is 16.0 Å². The van der Waals surface area contributed by atoms with Crippen molar-refractivity contribution in [3.63, 3.8) is 0 Å². The Bertz CT molecular complexity index is 652. The second-order valence-corrected chi connectivity index (χ2v) is 7.12. The molecule has 1 amide bonds. The molecule has 7 heteroatoms. The Labute approximate surface area is 145 Å². The van der Waals surface area contributed by atoms with Gasteiger partial charge in [0.15, 0.2) is 6.10 Å². The van der Waals surface area contributed by atoms with Crippen LogP contribution in [0.4, 0.5) is 5.00 Å². The molecule has 1 aliphatic carbocycles. The van der Waals surface area contributed by atoms with Crippen LogP contribution in [0.15, 0.2) is 0 Å². The van der Waals surface area contributed by atoms with E-state index in [1.807, 2.05) is 0 Å². The topological polar surface area (TPSA) is 81.7 Å². The molecule has 0 bridgehead atoms. The maximum absolute atomic E-state index is 12.4. The van der Waals surface area contributed by atoms with E-state index in [9.17, 15) is 14.4 Å². The molecular formula is C17H23NO5S. The molecule has 1 aliphatic rings. The molecule has 0 saturated carbocycles. The maximum Gasteiger partial charge on any atom is 0.341 e. The van der Waals surface area contributed by atoms with Gasteiger partial charge in [-0.3, -0.25) is 9.59 Å². The van der Waals surface area contributed by atoms with Gasteiger partial charge in [0.25, 0.3) is 5.91 Å². The Morgan fingerprint density at radius 2 is 2.08 bits per heavy atom. The lowest BCUT2D eigenvalue weighted by molar-refractivity contribution is -0.150. The summed E-state index contributed by atoms with van der Waals surface area (Å²) in [4.78, 5) is 36.7. The van der Waals surface area contributed by atoms with Gasteiger partial charge in [-0.25, -0.2) is 4.79 Å². The normalized spacial score (nSPS) is 17.6. The Hall–Kier alpha value is -1.89. The summed E-state index contributed by atoms with van der Waals surface area (Å²) in [6.07, 6.45) is 1.78. The number of hydrogen-bond acceptors (Lipinski definition) is 6. The van der Waals surface area contributed by atoms with Gasteiger partial charge < -0.3 is 14.8 Å². The molecule has 24 heavy (non-hydrogen) atoms. The minimum Gasteiger partial charge on any atom is -0.462 e. The summed E-state index contributed by atoms with van der Waals surface area (Å²) in [7, 11) is 0. The number of carbonyl (C=O) groups is 3. The van der Waals surface area contributed by atoms with E-state index in [2.05, 4.69) is 12.2 Å². The fraction of sp³-hybridized carbons (Fsp3) is 0.588. The number of esters is 2. The molecular weight excluding hydrogens is 330 g/mol. The van der Waals surface area contributed by atoms with Gasteiger partial charge in [-0.1, -0.05) is 6.92 Å². The van der Waals surface area contributed by atoms with Crippen molar-refractivity contribution in [1.82, 2.24) is 0 Å². The van der Waals surface area contributed by atoms with E-state index in [4.69, 9.17) is 9.47 Å². The Kier molecular flexibility index (Phi) is 5.99. The SMILES string of the molecule is CCOC(=O)c1c(NC(=O)[C@@H](C)OC(C)=O)sc2c1CC[C@H](C)C2. The molecule has 2 atom stereocenters. The first-order chi connectivity index (χ1) is 11.3. The number of rotatable bonds is 5. The third-order valence-electron chi connectivity index (χ3n) is 3.94. The molecule has 6 nitrogen and oxygen atoms in total. The van der Waals surface area contributed by atoms with E-state index in [0.717, 1.165) is 29.7 Å². The average molecular weight is 353 g/mol. The number of ether oxygens (including phenoxy) is 2. The molecule has 1 heterocycles. The van der Waals surface area contributed by atoms with Crippen LogP contribution in [-0.2, 0) is 31.9 Å². The number of amides is 1. The van der Waals surface area contributed by atoms with Crippen molar-refractivity contribution in [3.8, 4) is 0 Å². The van der Waals surface area contributed by atoms with Gasteiger partial charge in [-0.15, -0.1) is 11.3 Å². The predicted molar refractivity (Wildman–Crippen MR) is 91.3 cm³/mol. The Balaban J connectivity index is 2.29. The number of fused-ring (bicyclic) bond motifs is 1. The van der Waals surface area contributed by atoms with Crippen LogP contribution < -0.4 is 5.32 Å². The minimum absolute atomic E-state index is 0.275. The summed E-state index contributed by atoms with van der Waals surface area (Å²) in [5, 5.41) is 3.21. The van der Waals surface area contributed by atoms with Crippen LogP contribution in [0.25, 0.3) is 0 Å². The second-order valence-electron chi connectivity index (χ2n) is 6.02. The summed E-state index contributed by atoms with van der Waals surface area (Å²) >= 11 is 1.41. The first kappa shape index (κ1) is 18.4. The van der Waals surface area contributed by atoms with Gasteiger partial charge in [0.2, 0.25) is 0 Å². The highest BCUT2D eigenvalue weighted by molar-refractivity contribution is 7.17. The number of hydrogen-bond donors (Lipinski definition) is 1. The Morgan fingerprint density at radius 1 is 1.38 bits per heavy atom.